The topological polar surface area (TPSA) is 81.5 Å². The molecule has 3 rings (SSSR count). The average Bonchev–Trinajstić information content (AvgIpc) is 2.79. The van der Waals surface area contributed by atoms with Gasteiger partial charge < -0.3 is 10.1 Å². The molecular weight excluding hydrogens is 380 g/mol. The lowest BCUT2D eigenvalue weighted by atomic mass is 9.97. The number of nitrogens with zero attached hydrogens (tertiary/aromatic N) is 1. The quantitative estimate of drug-likeness (QED) is 0.285. The highest BCUT2D eigenvalue weighted by molar-refractivity contribution is 5.96. The van der Waals surface area contributed by atoms with E-state index in [2.05, 4.69) is 12.2 Å². The number of non-ortho nitro benzene ring substituents is 1. The molecule has 0 saturated carbocycles. The molecule has 154 valence electrons. The van der Waals surface area contributed by atoms with Crippen LogP contribution in [0.1, 0.15) is 40.9 Å². The molecule has 1 N–H and O–H groups in total. The summed E-state index contributed by atoms with van der Waals surface area (Å²) in [5.74, 6) is 0.614. The number of nitrogens with one attached hydrogen (secondary N) is 1. The van der Waals surface area contributed by atoms with Crippen LogP contribution in [0.3, 0.4) is 0 Å². The van der Waals surface area contributed by atoms with Crippen molar-refractivity contribution in [2.75, 3.05) is 12.4 Å². The lowest BCUT2D eigenvalue weighted by Gasteiger charge is -2.20. The summed E-state index contributed by atoms with van der Waals surface area (Å²) >= 11 is 0. The van der Waals surface area contributed by atoms with E-state index in [-0.39, 0.29) is 17.9 Å². The van der Waals surface area contributed by atoms with Gasteiger partial charge in [-0.3, -0.25) is 14.9 Å². The van der Waals surface area contributed by atoms with Crippen molar-refractivity contribution in [3.05, 3.63) is 99.6 Å². The van der Waals surface area contributed by atoms with Crippen LogP contribution in [0.5, 0.6) is 5.75 Å². The Kier molecular flexibility index (Phi) is 6.80. The first-order valence-corrected chi connectivity index (χ1v) is 9.77. The summed E-state index contributed by atoms with van der Waals surface area (Å²) in [6.45, 7) is 2.09. The van der Waals surface area contributed by atoms with Crippen molar-refractivity contribution in [2.24, 2.45) is 0 Å². The molecule has 3 aromatic carbocycles. The first kappa shape index (κ1) is 21.0. The monoisotopic (exact) mass is 404 g/mol. The Labute approximate surface area is 175 Å². The molecule has 0 saturated heterocycles. The van der Waals surface area contributed by atoms with Crippen molar-refractivity contribution in [3.63, 3.8) is 0 Å². The van der Waals surface area contributed by atoms with Gasteiger partial charge >= 0.3 is 0 Å². The molecule has 0 fully saturated rings. The fraction of sp³-hybridized carbons (Fsp3) is 0.208. The van der Waals surface area contributed by atoms with Gasteiger partial charge in [0.2, 0.25) is 0 Å². The third-order valence-electron chi connectivity index (χ3n) is 4.99. The summed E-state index contributed by atoms with van der Waals surface area (Å²) in [6, 6.07) is 20.9. The van der Waals surface area contributed by atoms with E-state index in [9.17, 15) is 14.9 Å². The van der Waals surface area contributed by atoms with Crippen LogP contribution in [0, 0.1) is 10.1 Å². The predicted molar refractivity (Wildman–Crippen MR) is 117 cm³/mol. The number of hydrogen-bond acceptors (Lipinski definition) is 5. The van der Waals surface area contributed by atoms with Crippen molar-refractivity contribution in [1.29, 1.82) is 0 Å². The second-order valence-electron chi connectivity index (χ2n) is 6.96. The number of carbonyl (C=O) groups excluding carboxylic acids is 1. The number of aryl methyl sites for hydroxylation is 1. The fourth-order valence-corrected chi connectivity index (χ4v) is 3.23. The Balaban J connectivity index is 1.88. The molecule has 0 radical (unpaired) electrons. The van der Waals surface area contributed by atoms with Gasteiger partial charge in [-0.25, -0.2) is 0 Å². The second-order valence-corrected chi connectivity index (χ2v) is 6.96. The number of ether oxygens (including phenoxy) is 1. The molecule has 6 heteroatoms. The van der Waals surface area contributed by atoms with E-state index in [4.69, 9.17) is 4.74 Å². The SMILES string of the molecule is CCc1ccc(NC(CC(=O)c2ccc(OC)cc2)c2cccc([N+](=O)[O-])c2)cc1. The van der Waals surface area contributed by atoms with Crippen LogP contribution in [0.15, 0.2) is 72.8 Å². The number of nitro groups is 1. The number of Topliss-reactive ketones (excluding diaryl/α,β-unsaturated/α-hetero) is 1. The number of carbonyl (C=O) groups is 1. The summed E-state index contributed by atoms with van der Waals surface area (Å²) in [6.07, 6.45) is 1.09. The zero-order valence-electron chi connectivity index (χ0n) is 17.0. The van der Waals surface area contributed by atoms with Crippen molar-refractivity contribution < 1.29 is 14.5 Å². The molecule has 0 spiro atoms. The Morgan fingerprint density at radius 3 is 2.37 bits per heavy atom. The van der Waals surface area contributed by atoms with Gasteiger partial charge in [-0.2, -0.15) is 0 Å². The van der Waals surface area contributed by atoms with E-state index in [0.29, 0.717) is 16.9 Å². The van der Waals surface area contributed by atoms with Crippen LogP contribution in [-0.2, 0) is 6.42 Å². The summed E-state index contributed by atoms with van der Waals surface area (Å²) in [4.78, 5) is 23.7. The fourth-order valence-electron chi connectivity index (χ4n) is 3.23. The highest BCUT2D eigenvalue weighted by atomic mass is 16.6. The highest BCUT2D eigenvalue weighted by Crippen LogP contribution is 2.28. The van der Waals surface area contributed by atoms with Gasteiger partial charge in [0.15, 0.2) is 5.78 Å². The largest absolute Gasteiger partial charge is 0.497 e. The Morgan fingerprint density at radius 2 is 1.77 bits per heavy atom. The van der Waals surface area contributed by atoms with Crippen molar-refractivity contribution >= 4 is 17.2 Å². The maximum absolute atomic E-state index is 12.9. The van der Waals surface area contributed by atoms with Gasteiger partial charge in [0.25, 0.3) is 5.69 Å². The number of hydrogen-bond donors (Lipinski definition) is 1. The van der Waals surface area contributed by atoms with Gasteiger partial charge in [0.1, 0.15) is 5.75 Å². The molecule has 0 bridgehead atoms. The van der Waals surface area contributed by atoms with Gasteiger partial charge in [-0.15, -0.1) is 0 Å². The smallest absolute Gasteiger partial charge is 0.269 e. The highest BCUT2D eigenvalue weighted by Gasteiger charge is 2.20. The molecule has 0 amide bonds. The average molecular weight is 404 g/mol. The number of nitro benzene ring substituents is 1. The molecule has 6 nitrogen and oxygen atoms in total. The summed E-state index contributed by atoms with van der Waals surface area (Å²) in [5, 5.41) is 14.6. The minimum Gasteiger partial charge on any atom is -0.497 e. The van der Waals surface area contributed by atoms with E-state index in [0.717, 1.165) is 12.1 Å². The molecular formula is C24H24N2O4. The molecule has 30 heavy (non-hydrogen) atoms. The van der Waals surface area contributed by atoms with Crippen LogP contribution in [0.2, 0.25) is 0 Å². The van der Waals surface area contributed by atoms with E-state index in [1.807, 2.05) is 24.3 Å². The molecule has 1 unspecified atom stereocenters. The zero-order chi connectivity index (χ0) is 21.5. The van der Waals surface area contributed by atoms with Gasteiger partial charge in [0, 0.05) is 29.8 Å². The van der Waals surface area contributed by atoms with E-state index >= 15 is 0 Å². The van der Waals surface area contributed by atoms with E-state index in [1.165, 1.54) is 17.7 Å². The van der Waals surface area contributed by atoms with Gasteiger partial charge in [-0.1, -0.05) is 31.2 Å². The Morgan fingerprint density at radius 1 is 1.07 bits per heavy atom. The van der Waals surface area contributed by atoms with Crippen LogP contribution >= 0.6 is 0 Å². The van der Waals surface area contributed by atoms with Crippen molar-refractivity contribution in [1.82, 2.24) is 0 Å². The lowest BCUT2D eigenvalue weighted by Crippen LogP contribution is -2.16. The summed E-state index contributed by atoms with van der Waals surface area (Å²) < 4.78 is 5.15. The summed E-state index contributed by atoms with van der Waals surface area (Å²) in [7, 11) is 1.57. The third-order valence-corrected chi connectivity index (χ3v) is 4.99. The molecule has 0 aromatic heterocycles. The maximum atomic E-state index is 12.9. The Bertz CT molecular complexity index is 1010. The first-order chi connectivity index (χ1) is 14.5. The van der Waals surface area contributed by atoms with Crippen LogP contribution in [-0.4, -0.2) is 17.8 Å². The number of methoxy groups -OCH3 is 1. The minimum absolute atomic E-state index is 0.00229. The minimum atomic E-state index is -0.429. The van der Waals surface area contributed by atoms with E-state index < -0.39 is 11.0 Å². The van der Waals surface area contributed by atoms with Crippen LogP contribution in [0.25, 0.3) is 0 Å². The zero-order valence-corrected chi connectivity index (χ0v) is 17.0. The molecule has 0 aliphatic rings. The molecule has 0 heterocycles. The van der Waals surface area contributed by atoms with Gasteiger partial charge in [-0.05, 0) is 53.9 Å². The number of anilines is 1. The lowest BCUT2D eigenvalue weighted by molar-refractivity contribution is -0.384. The number of benzene rings is 3. The Hall–Kier alpha value is -3.67. The molecule has 0 aliphatic heterocycles. The van der Waals surface area contributed by atoms with Gasteiger partial charge in [0.05, 0.1) is 18.1 Å². The number of rotatable bonds is 9. The first-order valence-electron chi connectivity index (χ1n) is 9.77. The van der Waals surface area contributed by atoms with Crippen LogP contribution < -0.4 is 10.1 Å². The molecule has 0 aliphatic carbocycles. The predicted octanol–water partition coefficient (Wildman–Crippen LogP) is 5.59. The maximum Gasteiger partial charge on any atom is 0.269 e. The standard InChI is InChI=1S/C24H24N2O4/c1-3-17-7-11-20(12-8-17)25-23(19-5-4-6-21(15-19)26(28)29)16-24(27)18-9-13-22(30-2)14-10-18/h4-15,23,25H,3,16H2,1-2H3. The van der Waals surface area contributed by atoms with E-state index in [1.54, 1.807) is 43.5 Å². The third kappa shape index (κ3) is 5.23. The van der Waals surface area contributed by atoms with Crippen molar-refractivity contribution in [3.8, 4) is 5.75 Å². The molecule has 1 atom stereocenters. The molecule has 3 aromatic rings. The summed E-state index contributed by atoms with van der Waals surface area (Å²) in [5.41, 5.74) is 3.31. The van der Waals surface area contributed by atoms with Crippen molar-refractivity contribution in [2.45, 2.75) is 25.8 Å². The van der Waals surface area contributed by atoms with Crippen LogP contribution in [0.4, 0.5) is 11.4 Å². The normalized spacial score (nSPS) is 11.5. The number of ketones is 1. The second kappa shape index (κ2) is 9.69.